The second-order valence-corrected chi connectivity index (χ2v) is 14.3. The smallest absolute Gasteiger partial charge is 0.306 e. The molecular weight excluding hydrogens is 448 g/mol. The molecule has 184 valence electrons. The third-order valence-corrected chi connectivity index (χ3v) is 11.5. The zero-order valence-corrected chi connectivity index (χ0v) is 22.4. The summed E-state index contributed by atoms with van der Waals surface area (Å²) in [5, 5.41) is 2.46. The van der Waals surface area contributed by atoms with Crippen LogP contribution in [0.4, 0.5) is 0 Å². The molecule has 1 atom stereocenters. The van der Waals surface area contributed by atoms with E-state index in [4.69, 9.17) is 9.16 Å². The minimum atomic E-state index is -2.57. The van der Waals surface area contributed by atoms with Crippen molar-refractivity contribution in [1.82, 2.24) is 0 Å². The molecule has 0 heterocycles. The zero-order valence-electron chi connectivity index (χ0n) is 21.4. The van der Waals surface area contributed by atoms with Gasteiger partial charge in [-0.25, -0.2) is 0 Å². The van der Waals surface area contributed by atoms with Gasteiger partial charge < -0.3 is 9.16 Å². The molecular formula is C31H38O3Si. The fraction of sp³-hybridized carbons (Fsp3) is 0.323. The molecule has 3 aromatic rings. The molecule has 3 aromatic carbocycles. The Balaban J connectivity index is 1.82. The number of methoxy groups -OCH3 is 1. The highest BCUT2D eigenvalue weighted by Gasteiger charge is 2.49. The number of carbonyl (C=O) groups is 1. The first kappa shape index (κ1) is 26.6. The van der Waals surface area contributed by atoms with Gasteiger partial charge >= 0.3 is 5.97 Å². The normalized spacial score (nSPS) is 13.0. The Bertz CT molecular complexity index is 1020. The maximum absolute atomic E-state index is 12.0. The Morgan fingerprint density at radius 1 is 0.857 bits per heavy atom. The van der Waals surface area contributed by atoms with Crippen LogP contribution in [0.15, 0.2) is 103 Å². The predicted octanol–water partition coefficient (Wildman–Crippen LogP) is 5.93. The van der Waals surface area contributed by atoms with Gasteiger partial charge in [-0.1, -0.05) is 124 Å². The van der Waals surface area contributed by atoms with Gasteiger partial charge in [-0.15, -0.1) is 0 Å². The maximum atomic E-state index is 12.0. The summed E-state index contributed by atoms with van der Waals surface area (Å²) in [7, 11) is -1.12. The van der Waals surface area contributed by atoms with Gasteiger partial charge in [0.1, 0.15) is 0 Å². The van der Waals surface area contributed by atoms with Crippen molar-refractivity contribution in [3.63, 3.8) is 0 Å². The van der Waals surface area contributed by atoms with E-state index in [1.165, 1.54) is 23.0 Å². The fourth-order valence-electron chi connectivity index (χ4n) is 4.74. The molecule has 0 aromatic heterocycles. The summed E-state index contributed by atoms with van der Waals surface area (Å²) in [6.45, 7) is 7.34. The molecule has 0 spiro atoms. The number of hydrogen-bond donors (Lipinski definition) is 0. The lowest BCUT2D eigenvalue weighted by Gasteiger charge is -2.42. The highest BCUT2D eigenvalue weighted by molar-refractivity contribution is 6.99. The molecule has 4 heteroatoms. The topological polar surface area (TPSA) is 35.5 Å². The van der Waals surface area contributed by atoms with Crippen molar-refractivity contribution < 1.29 is 14.0 Å². The van der Waals surface area contributed by atoms with Gasteiger partial charge in [-0.3, -0.25) is 4.79 Å². The van der Waals surface area contributed by atoms with E-state index < -0.39 is 8.32 Å². The van der Waals surface area contributed by atoms with Crippen LogP contribution in [0.1, 0.15) is 39.2 Å². The van der Waals surface area contributed by atoms with Crippen LogP contribution in [0.3, 0.4) is 0 Å². The summed E-state index contributed by atoms with van der Waals surface area (Å²) in [5.41, 5.74) is 1.28. The molecule has 3 rings (SSSR count). The van der Waals surface area contributed by atoms with E-state index in [-0.39, 0.29) is 16.9 Å². The molecule has 35 heavy (non-hydrogen) atoms. The lowest BCUT2D eigenvalue weighted by Crippen LogP contribution is -2.66. The average Bonchev–Trinajstić information content (AvgIpc) is 2.88. The molecule has 0 aliphatic carbocycles. The number of aryl methyl sites for hydroxylation is 1. The third-order valence-electron chi connectivity index (χ3n) is 6.52. The predicted molar refractivity (Wildman–Crippen MR) is 148 cm³/mol. The SMILES string of the molecule is COC(=O)C[C@H](/C=C/CO[Si](c1ccccc1)(c1ccccc1)C(C)(C)C)CCc1ccccc1. The molecule has 0 fully saturated rings. The highest BCUT2D eigenvalue weighted by atomic mass is 28.4. The zero-order chi connectivity index (χ0) is 25.2. The van der Waals surface area contributed by atoms with Gasteiger partial charge in [0.15, 0.2) is 0 Å². The quantitative estimate of drug-likeness (QED) is 0.191. The van der Waals surface area contributed by atoms with Crippen molar-refractivity contribution in [2.45, 2.75) is 45.1 Å². The molecule has 0 N–H and O–H groups in total. The van der Waals surface area contributed by atoms with Crippen LogP contribution in [0.5, 0.6) is 0 Å². The number of allylic oxidation sites excluding steroid dienone is 1. The van der Waals surface area contributed by atoms with Crippen LogP contribution >= 0.6 is 0 Å². The molecule has 0 aliphatic heterocycles. The van der Waals surface area contributed by atoms with E-state index in [0.717, 1.165) is 12.8 Å². The van der Waals surface area contributed by atoms with Gasteiger partial charge in [0, 0.05) is 0 Å². The first-order valence-corrected chi connectivity index (χ1v) is 14.3. The van der Waals surface area contributed by atoms with E-state index in [1.54, 1.807) is 0 Å². The van der Waals surface area contributed by atoms with Crippen LogP contribution in [0, 0.1) is 5.92 Å². The van der Waals surface area contributed by atoms with E-state index in [0.29, 0.717) is 13.0 Å². The first-order valence-electron chi connectivity index (χ1n) is 12.4. The number of hydrogen-bond acceptors (Lipinski definition) is 3. The van der Waals surface area contributed by atoms with Crippen LogP contribution < -0.4 is 10.4 Å². The number of rotatable bonds is 11. The fourth-order valence-corrected chi connectivity index (χ4v) is 9.24. The van der Waals surface area contributed by atoms with Gasteiger partial charge in [-0.2, -0.15) is 0 Å². The second-order valence-electron chi connectivity index (χ2n) is 9.97. The van der Waals surface area contributed by atoms with Gasteiger partial charge in [0.05, 0.1) is 20.1 Å². The van der Waals surface area contributed by atoms with Gasteiger partial charge in [0.25, 0.3) is 8.32 Å². The number of benzene rings is 3. The van der Waals surface area contributed by atoms with Crippen molar-refractivity contribution in [2.75, 3.05) is 13.7 Å². The van der Waals surface area contributed by atoms with Crippen molar-refractivity contribution >= 4 is 24.7 Å². The average molecular weight is 487 g/mol. The van der Waals surface area contributed by atoms with E-state index >= 15 is 0 Å². The van der Waals surface area contributed by atoms with Crippen LogP contribution in [0.25, 0.3) is 0 Å². The summed E-state index contributed by atoms with van der Waals surface area (Å²) in [6, 6.07) is 31.7. The summed E-state index contributed by atoms with van der Waals surface area (Å²) >= 11 is 0. The molecule has 0 bridgehead atoms. The summed E-state index contributed by atoms with van der Waals surface area (Å²) in [4.78, 5) is 12.0. The number of esters is 1. The van der Waals surface area contributed by atoms with Gasteiger partial charge in [0.2, 0.25) is 0 Å². The Morgan fingerprint density at radius 3 is 1.86 bits per heavy atom. The molecule has 0 saturated carbocycles. The van der Waals surface area contributed by atoms with Crippen molar-refractivity contribution in [1.29, 1.82) is 0 Å². The standard InChI is InChI=1S/C31H38O3Si/c1-31(2,3)35(28-18-10-6-11-19-28,29-20-12-7-13-21-29)34-24-14-17-27(25-30(32)33-4)23-22-26-15-8-5-9-16-26/h5-21,27H,22-25H2,1-4H3/b17-14+/t27-/m1/s1. The lowest BCUT2D eigenvalue weighted by molar-refractivity contribution is -0.141. The summed E-state index contributed by atoms with van der Waals surface area (Å²) in [5.74, 6) is -0.0778. The maximum Gasteiger partial charge on any atom is 0.306 e. The van der Waals surface area contributed by atoms with Crippen molar-refractivity contribution in [2.24, 2.45) is 5.92 Å². The number of ether oxygens (including phenoxy) is 1. The first-order chi connectivity index (χ1) is 16.9. The number of carbonyl (C=O) groups excluding carboxylic acids is 1. The van der Waals surface area contributed by atoms with Gasteiger partial charge in [-0.05, 0) is 39.7 Å². The second kappa shape index (κ2) is 12.7. The highest BCUT2D eigenvalue weighted by Crippen LogP contribution is 2.36. The Morgan fingerprint density at radius 2 is 1.37 bits per heavy atom. The monoisotopic (exact) mass is 486 g/mol. The summed E-state index contributed by atoms with van der Waals surface area (Å²) < 4.78 is 11.9. The lowest BCUT2D eigenvalue weighted by atomic mass is 9.96. The van der Waals surface area contributed by atoms with E-state index in [9.17, 15) is 4.79 Å². The van der Waals surface area contributed by atoms with Crippen LogP contribution in [-0.2, 0) is 20.4 Å². The van der Waals surface area contributed by atoms with Crippen molar-refractivity contribution in [3.05, 3.63) is 109 Å². The largest absolute Gasteiger partial charge is 0.469 e. The molecule has 0 amide bonds. The minimum absolute atomic E-state index is 0.0672. The molecule has 3 nitrogen and oxygen atoms in total. The molecule has 0 aliphatic rings. The van der Waals surface area contributed by atoms with E-state index in [2.05, 4.69) is 118 Å². The Kier molecular flexibility index (Phi) is 9.64. The minimum Gasteiger partial charge on any atom is -0.469 e. The summed E-state index contributed by atoms with van der Waals surface area (Å²) in [6.07, 6.45) is 6.41. The van der Waals surface area contributed by atoms with E-state index in [1.807, 2.05) is 6.07 Å². The molecule has 0 saturated heterocycles. The van der Waals surface area contributed by atoms with Crippen LogP contribution in [-0.4, -0.2) is 28.0 Å². The Labute approximate surface area is 211 Å². The molecule has 0 unspecified atom stereocenters. The van der Waals surface area contributed by atoms with Crippen LogP contribution in [0.2, 0.25) is 5.04 Å². The molecule has 0 radical (unpaired) electrons. The Hall–Kier alpha value is -2.95. The van der Waals surface area contributed by atoms with Crippen molar-refractivity contribution in [3.8, 4) is 0 Å². The third kappa shape index (κ3) is 7.03.